The fourth-order valence-electron chi connectivity index (χ4n) is 4.81. The maximum Gasteiger partial charge on any atom is 4.00 e. The topological polar surface area (TPSA) is 0 Å². The molecule has 0 nitrogen and oxygen atoms in total. The molecule has 36 heavy (non-hydrogen) atoms. The Balaban J connectivity index is 0. The minimum Gasteiger partial charge on any atom is -1.00 e. The molecule has 0 aromatic heterocycles. The van der Waals surface area contributed by atoms with E-state index in [0.29, 0.717) is 0 Å². The molecule has 0 unspecified atom stereocenters. The average molecular weight is 607 g/mol. The van der Waals surface area contributed by atoms with Crippen LogP contribution < -0.4 is 24.8 Å². The van der Waals surface area contributed by atoms with E-state index in [0.717, 1.165) is 0 Å². The largest absolute Gasteiger partial charge is 4.00 e. The summed E-state index contributed by atoms with van der Waals surface area (Å²) >= 11 is 0. The van der Waals surface area contributed by atoms with E-state index in [2.05, 4.69) is 58.9 Å². The molecule has 0 atom stereocenters. The van der Waals surface area contributed by atoms with Crippen LogP contribution in [0.2, 0.25) is 0 Å². The third-order valence-electron chi connectivity index (χ3n) is 6.71. The quantitative estimate of drug-likeness (QED) is 0.257. The molecule has 198 valence electrons. The van der Waals surface area contributed by atoms with E-state index >= 15 is 0 Å². The van der Waals surface area contributed by atoms with Gasteiger partial charge in [-0.3, -0.25) is 0 Å². The molecule has 0 aliphatic heterocycles. The van der Waals surface area contributed by atoms with E-state index in [1.54, 1.807) is 27.8 Å². The fraction of sp³-hybridized carbons (Fsp3) is 0.515. The first-order valence-corrected chi connectivity index (χ1v) is 13.7. The molecule has 0 radical (unpaired) electrons. The second-order valence-corrected chi connectivity index (χ2v) is 9.53. The fourth-order valence-corrected chi connectivity index (χ4v) is 4.81. The smallest absolute Gasteiger partial charge is 1.00 e. The molecular weight excluding hydrogens is 558 g/mol. The standard InChI is InChI=1S/C28H43.C5H5.2ClH.Zr/c1-6-10-14-24-25(15-11-7-2)27(17-13-9-4)28(26(24)16-12-8-3)23-20-18-22(5)19-21-23;1-2-4-5-3-1;;;/h18-21H,6-17H2,1-5H3;1-5H;2*1H;/q2*-1;;;+4/p-2. The number of hydrogen-bond acceptors (Lipinski definition) is 0. The van der Waals surface area contributed by atoms with Crippen LogP contribution in [0.3, 0.4) is 0 Å². The summed E-state index contributed by atoms with van der Waals surface area (Å²) in [5.74, 6) is 0. The molecule has 3 aromatic carbocycles. The first-order chi connectivity index (χ1) is 16.2. The zero-order valence-corrected chi connectivity index (χ0v) is 27.4. The summed E-state index contributed by atoms with van der Waals surface area (Å²) in [5, 5.41) is 0. The Hall–Kier alpha value is -0.617. The van der Waals surface area contributed by atoms with Crippen molar-refractivity contribution in [3.05, 3.63) is 82.4 Å². The van der Waals surface area contributed by atoms with Gasteiger partial charge in [-0.25, -0.2) is 12.1 Å². The molecule has 3 rings (SSSR count). The van der Waals surface area contributed by atoms with Crippen LogP contribution in [0, 0.1) is 6.92 Å². The molecule has 3 heteroatoms. The van der Waals surface area contributed by atoms with Gasteiger partial charge in [0.15, 0.2) is 0 Å². The van der Waals surface area contributed by atoms with Crippen molar-refractivity contribution in [1.82, 2.24) is 0 Å². The molecular formula is C33H48Cl2Zr. The van der Waals surface area contributed by atoms with Gasteiger partial charge in [0.25, 0.3) is 0 Å². The van der Waals surface area contributed by atoms with E-state index in [9.17, 15) is 0 Å². The van der Waals surface area contributed by atoms with Crippen molar-refractivity contribution in [3.8, 4) is 11.1 Å². The van der Waals surface area contributed by atoms with Crippen molar-refractivity contribution in [1.29, 1.82) is 0 Å². The summed E-state index contributed by atoms with van der Waals surface area (Å²) in [6.07, 6.45) is 15.5. The van der Waals surface area contributed by atoms with Gasteiger partial charge < -0.3 is 24.8 Å². The maximum atomic E-state index is 2.38. The van der Waals surface area contributed by atoms with Gasteiger partial charge in [-0.2, -0.15) is 29.3 Å². The average Bonchev–Trinajstić information content (AvgIpc) is 3.50. The van der Waals surface area contributed by atoms with Crippen LogP contribution in [-0.4, -0.2) is 0 Å². The van der Waals surface area contributed by atoms with Gasteiger partial charge in [-0.1, -0.05) is 134 Å². The summed E-state index contributed by atoms with van der Waals surface area (Å²) in [6, 6.07) is 19.4. The summed E-state index contributed by atoms with van der Waals surface area (Å²) < 4.78 is 0. The Morgan fingerprint density at radius 1 is 0.667 bits per heavy atom. The maximum absolute atomic E-state index is 2.38. The molecule has 0 saturated carbocycles. The molecule has 0 N–H and O–H groups in total. The number of benzene rings is 1. The second-order valence-electron chi connectivity index (χ2n) is 9.53. The number of rotatable bonds is 13. The van der Waals surface area contributed by atoms with Crippen LogP contribution in [0.1, 0.15) is 107 Å². The van der Waals surface area contributed by atoms with Crippen molar-refractivity contribution in [2.75, 3.05) is 0 Å². The molecule has 0 aliphatic rings. The van der Waals surface area contributed by atoms with Gasteiger partial charge in [0, 0.05) is 0 Å². The normalized spacial score (nSPS) is 9.92. The van der Waals surface area contributed by atoms with Gasteiger partial charge in [0.1, 0.15) is 0 Å². The van der Waals surface area contributed by atoms with Crippen LogP contribution in [0.25, 0.3) is 11.1 Å². The van der Waals surface area contributed by atoms with E-state index < -0.39 is 0 Å². The summed E-state index contributed by atoms with van der Waals surface area (Å²) in [7, 11) is 0. The van der Waals surface area contributed by atoms with Crippen LogP contribution >= 0.6 is 0 Å². The Morgan fingerprint density at radius 3 is 1.64 bits per heavy atom. The molecule has 0 saturated heterocycles. The van der Waals surface area contributed by atoms with E-state index in [1.807, 2.05) is 30.3 Å². The molecule has 0 bridgehead atoms. The molecule has 0 aliphatic carbocycles. The number of hydrogen-bond donors (Lipinski definition) is 0. The number of unbranched alkanes of at least 4 members (excludes halogenated alkanes) is 4. The molecule has 0 amide bonds. The van der Waals surface area contributed by atoms with Crippen molar-refractivity contribution in [2.45, 2.75) is 112 Å². The van der Waals surface area contributed by atoms with E-state index in [4.69, 9.17) is 0 Å². The minimum absolute atomic E-state index is 0. The van der Waals surface area contributed by atoms with Gasteiger partial charge in [-0.15, -0.1) is 16.7 Å². The van der Waals surface area contributed by atoms with Gasteiger partial charge >= 0.3 is 26.2 Å². The van der Waals surface area contributed by atoms with Crippen LogP contribution in [0.5, 0.6) is 0 Å². The van der Waals surface area contributed by atoms with Crippen LogP contribution in [-0.2, 0) is 51.9 Å². The number of aryl methyl sites for hydroxylation is 1. The zero-order valence-electron chi connectivity index (χ0n) is 23.4. The van der Waals surface area contributed by atoms with Crippen molar-refractivity contribution < 1.29 is 51.0 Å². The minimum atomic E-state index is 0. The Morgan fingerprint density at radius 2 is 1.17 bits per heavy atom. The van der Waals surface area contributed by atoms with E-state index in [1.165, 1.54) is 88.2 Å². The first kappa shape index (κ1) is 37.5. The van der Waals surface area contributed by atoms with Crippen molar-refractivity contribution >= 4 is 0 Å². The van der Waals surface area contributed by atoms with Crippen LogP contribution in [0.4, 0.5) is 0 Å². The van der Waals surface area contributed by atoms with Gasteiger partial charge in [-0.05, 0) is 13.3 Å². The Kier molecular flexibility index (Phi) is 23.3. The number of halogens is 2. The first-order valence-electron chi connectivity index (χ1n) is 13.7. The molecule has 0 spiro atoms. The van der Waals surface area contributed by atoms with Crippen molar-refractivity contribution in [2.24, 2.45) is 0 Å². The SMILES string of the molecule is CCCCc1c(CCCC)c(-c2ccc(C)cc2)[c-](CCCC)c1CCCC.[Cl-].[Cl-].[Zr+4].c1cc[cH-]c1. The molecule has 0 fully saturated rings. The molecule has 0 heterocycles. The third kappa shape index (κ3) is 11.8. The predicted octanol–water partition coefficient (Wildman–Crippen LogP) is 4.16. The summed E-state index contributed by atoms with van der Waals surface area (Å²) in [6.45, 7) is 11.5. The predicted molar refractivity (Wildman–Crippen MR) is 149 cm³/mol. The van der Waals surface area contributed by atoms with Gasteiger partial charge in [0.05, 0.1) is 0 Å². The monoisotopic (exact) mass is 604 g/mol. The van der Waals surface area contributed by atoms with Crippen LogP contribution in [0.15, 0.2) is 54.6 Å². The molecule has 3 aromatic rings. The van der Waals surface area contributed by atoms with Gasteiger partial charge in [0.2, 0.25) is 0 Å². The summed E-state index contributed by atoms with van der Waals surface area (Å²) in [4.78, 5) is 0. The van der Waals surface area contributed by atoms with Crippen molar-refractivity contribution in [3.63, 3.8) is 0 Å². The zero-order chi connectivity index (χ0) is 23.9. The summed E-state index contributed by atoms with van der Waals surface area (Å²) in [5.41, 5.74) is 11.3. The van der Waals surface area contributed by atoms with E-state index in [-0.39, 0.29) is 51.0 Å². The second kappa shape index (κ2) is 22.4. The Bertz CT molecular complexity index is 821. The third-order valence-corrected chi connectivity index (χ3v) is 6.71. The Labute approximate surface area is 254 Å².